The molecule has 0 radical (unpaired) electrons. The third-order valence-corrected chi connectivity index (χ3v) is 12.9. The first kappa shape index (κ1) is 46.3. The van der Waals surface area contributed by atoms with Gasteiger partial charge in [-0.25, -0.2) is 14.4 Å². The Kier molecular flexibility index (Phi) is 15.6. The number of carbonyl (C=O) groups excluding carboxylic acids is 6. The van der Waals surface area contributed by atoms with Crippen LogP contribution in [0.2, 0.25) is 0 Å². The predicted octanol–water partition coefficient (Wildman–Crippen LogP) is 7.11. The summed E-state index contributed by atoms with van der Waals surface area (Å²) >= 11 is 2.98. The van der Waals surface area contributed by atoms with E-state index in [0.717, 1.165) is 52.3 Å². The Morgan fingerprint density at radius 1 is 0.724 bits per heavy atom. The number of rotatable bonds is 10. The minimum absolute atomic E-state index is 0.0344. The zero-order valence-corrected chi connectivity index (χ0v) is 37.3. The van der Waals surface area contributed by atoms with E-state index in [2.05, 4.69) is 34.0 Å². The van der Waals surface area contributed by atoms with Crippen LogP contribution in [0.3, 0.4) is 0 Å². The molecule has 16 heteroatoms. The maximum absolute atomic E-state index is 13.8. The lowest BCUT2D eigenvalue weighted by molar-refractivity contribution is -0.121. The second kappa shape index (κ2) is 19.5. The van der Waals surface area contributed by atoms with Crippen LogP contribution in [0.5, 0.6) is 0 Å². The van der Waals surface area contributed by atoms with Crippen molar-refractivity contribution in [3.8, 4) is 0 Å². The molecule has 0 unspecified atom stereocenters. The molecule has 1 aliphatic carbocycles. The van der Waals surface area contributed by atoms with Crippen molar-refractivity contribution in [2.75, 3.05) is 57.3 Å². The molecule has 5 amide bonds. The third kappa shape index (κ3) is 10.6. The standard InChI is InChI=1S/C25H37N3O4S.C17H22N2O5S/c1-16(2)28(18-10-8-7-9-11-18)22(29)19-15-20-21(14-17(19)3)33-25(4,5)23(30)27(20)13-12-26-24(31)32-6;1-10-8-13-12(9-11(10)14(20)23-4)19(7-6-18-16(22)24-5)15(21)17(2,3)25-13/h14-16,18H,7-13H2,1-6H3,(H,26,31);8-9H,6-7H2,1-5H3,(H,18,22). The number of ether oxygens (including phenoxy) is 3. The molecule has 0 bridgehead atoms. The number of benzene rings is 2. The topological polar surface area (TPSA) is 164 Å². The number of thioether (sulfide) groups is 2. The Balaban J connectivity index is 0.000000267. The summed E-state index contributed by atoms with van der Waals surface area (Å²) in [5.41, 5.74) is 4.15. The lowest BCUT2D eigenvalue weighted by atomic mass is 9.92. The van der Waals surface area contributed by atoms with Gasteiger partial charge < -0.3 is 39.5 Å². The van der Waals surface area contributed by atoms with Crippen LogP contribution >= 0.6 is 23.5 Å². The molecule has 2 aromatic rings. The lowest BCUT2D eigenvalue weighted by Crippen LogP contribution is -2.49. The van der Waals surface area contributed by atoms with E-state index in [-0.39, 0.29) is 49.4 Å². The Hall–Kier alpha value is -4.44. The first-order valence-corrected chi connectivity index (χ1v) is 21.3. The fourth-order valence-electron chi connectivity index (χ4n) is 7.44. The van der Waals surface area contributed by atoms with Crippen molar-refractivity contribution in [3.05, 3.63) is 46.5 Å². The first-order valence-electron chi connectivity index (χ1n) is 19.6. The van der Waals surface area contributed by atoms with E-state index in [4.69, 9.17) is 4.74 Å². The van der Waals surface area contributed by atoms with Gasteiger partial charge in [0.1, 0.15) is 0 Å². The first-order chi connectivity index (χ1) is 27.3. The number of nitrogens with one attached hydrogen (secondary N) is 2. The molecule has 2 N–H and O–H groups in total. The summed E-state index contributed by atoms with van der Waals surface area (Å²) in [7, 11) is 3.91. The number of hydrogen-bond donors (Lipinski definition) is 2. The number of aryl methyl sites for hydroxylation is 2. The quantitative estimate of drug-likeness (QED) is 0.185. The number of alkyl carbamates (subject to hydrolysis) is 2. The highest BCUT2D eigenvalue weighted by atomic mass is 32.2. The summed E-state index contributed by atoms with van der Waals surface area (Å²) in [5.74, 6) is -0.541. The molecule has 0 spiro atoms. The van der Waals surface area contributed by atoms with E-state index in [1.54, 1.807) is 15.9 Å². The molecule has 3 aliphatic rings. The molecule has 58 heavy (non-hydrogen) atoms. The zero-order chi connectivity index (χ0) is 43.1. The number of fused-ring (bicyclic) bond motifs is 2. The maximum Gasteiger partial charge on any atom is 0.406 e. The number of hydrogen-bond acceptors (Lipinski definition) is 11. The molecular formula is C42H59N5O9S2. The summed E-state index contributed by atoms with van der Waals surface area (Å²) in [5, 5.41) is 5.21. The van der Waals surface area contributed by atoms with Crippen molar-refractivity contribution in [2.24, 2.45) is 0 Å². The Morgan fingerprint density at radius 2 is 1.16 bits per heavy atom. The fourth-order valence-corrected chi connectivity index (χ4v) is 9.95. The largest absolute Gasteiger partial charge is 0.465 e. The summed E-state index contributed by atoms with van der Waals surface area (Å²) in [6, 6.07) is 7.84. The number of anilines is 2. The second-order valence-electron chi connectivity index (χ2n) is 15.8. The number of carbonyl (C=O) groups is 6. The lowest BCUT2D eigenvalue weighted by Gasteiger charge is -2.40. The summed E-state index contributed by atoms with van der Waals surface area (Å²) in [6.07, 6.45) is 4.55. The van der Waals surface area contributed by atoms with Gasteiger partial charge >= 0.3 is 18.2 Å². The van der Waals surface area contributed by atoms with Crippen LogP contribution in [-0.4, -0.2) is 110 Å². The maximum atomic E-state index is 13.8. The van der Waals surface area contributed by atoms with Crippen molar-refractivity contribution >= 4 is 70.8 Å². The van der Waals surface area contributed by atoms with Crippen LogP contribution in [0.25, 0.3) is 0 Å². The summed E-state index contributed by atoms with van der Waals surface area (Å²) < 4.78 is 12.7. The van der Waals surface area contributed by atoms with Gasteiger partial charge in [-0.1, -0.05) is 19.3 Å². The fraction of sp³-hybridized carbons (Fsp3) is 0.571. The van der Waals surface area contributed by atoms with Crippen molar-refractivity contribution in [3.63, 3.8) is 0 Å². The van der Waals surface area contributed by atoms with Gasteiger partial charge in [0.2, 0.25) is 11.8 Å². The van der Waals surface area contributed by atoms with E-state index in [0.29, 0.717) is 23.4 Å². The molecule has 2 aliphatic heterocycles. The molecule has 0 atom stereocenters. The molecule has 318 valence electrons. The zero-order valence-electron chi connectivity index (χ0n) is 35.7. The average molecular weight is 842 g/mol. The highest BCUT2D eigenvalue weighted by molar-refractivity contribution is 8.02. The normalized spacial score (nSPS) is 17.0. The van der Waals surface area contributed by atoms with Gasteiger partial charge in [0.25, 0.3) is 5.91 Å². The van der Waals surface area contributed by atoms with Gasteiger partial charge in [0, 0.05) is 53.6 Å². The van der Waals surface area contributed by atoms with Crippen molar-refractivity contribution in [2.45, 2.75) is 119 Å². The van der Waals surface area contributed by atoms with Crippen LogP contribution in [0, 0.1) is 13.8 Å². The van der Waals surface area contributed by atoms with Crippen molar-refractivity contribution in [1.29, 1.82) is 0 Å². The second-order valence-corrected chi connectivity index (χ2v) is 19.2. The Morgan fingerprint density at radius 3 is 1.57 bits per heavy atom. The summed E-state index contributed by atoms with van der Waals surface area (Å²) in [4.78, 5) is 81.8. The van der Waals surface area contributed by atoms with Gasteiger partial charge in [-0.3, -0.25) is 14.4 Å². The van der Waals surface area contributed by atoms with Crippen LogP contribution in [-0.2, 0) is 23.8 Å². The molecule has 2 aromatic carbocycles. The molecule has 2 heterocycles. The van der Waals surface area contributed by atoms with Gasteiger partial charge in [-0.05, 0) is 104 Å². The smallest absolute Gasteiger partial charge is 0.406 e. The highest BCUT2D eigenvalue weighted by Gasteiger charge is 2.42. The van der Waals surface area contributed by atoms with Crippen molar-refractivity contribution in [1.82, 2.24) is 15.5 Å². The molecule has 5 rings (SSSR count). The minimum atomic E-state index is -0.641. The monoisotopic (exact) mass is 841 g/mol. The van der Waals surface area contributed by atoms with Crippen LogP contribution in [0.15, 0.2) is 34.1 Å². The number of amides is 5. The van der Waals surface area contributed by atoms with E-state index in [9.17, 15) is 28.8 Å². The minimum Gasteiger partial charge on any atom is -0.465 e. The summed E-state index contributed by atoms with van der Waals surface area (Å²) in [6.45, 7) is 16.5. The van der Waals surface area contributed by atoms with Gasteiger partial charge in [-0.15, -0.1) is 23.5 Å². The molecule has 0 saturated heterocycles. The highest BCUT2D eigenvalue weighted by Crippen LogP contribution is 2.47. The molecule has 1 saturated carbocycles. The molecular weight excluding hydrogens is 783 g/mol. The third-order valence-electron chi connectivity index (χ3n) is 10.4. The van der Waals surface area contributed by atoms with E-state index in [1.807, 2.05) is 64.6 Å². The van der Waals surface area contributed by atoms with E-state index in [1.165, 1.54) is 51.3 Å². The predicted molar refractivity (Wildman–Crippen MR) is 227 cm³/mol. The van der Waals surface area contributed by atoms with Gasteiger partial charge in [0.05, 0.1) is 47.8 Å². The van der Waals surface area contributed by atoms with Gasteiger partial charge in [-0.2, -0.15) is 0 Å². The van der Waals surface area contributed by atoms with Gasteiger partial charge in [0.15, 0.2) is 0 Å². The molecule has 14 nitrogen and oxygen atoms in total. The van der Waals surface area contributed by atoms with E-state index >= 15 is 0 Å². The van der Waals surface area contributed by atoms with E-state index < -0.39 is 27.6 Å². The van der Waals surface area contributed by atoms with Crippen LogP contribution in [0.1, 0.15) is 105 Å². The number of nitrogens with zero attached hydrogens (tertiary/aromatic N) is 3. The number of esters is 1. The Labute approximate surface area is 350 Å². The van der Waals surface area contributed by atoms with Crippen molar-refractivity contribution < 1.29 is 43.0 Å². The SMILES string of the molecule is COC(=O)NCCN1C(=O)C(C)(C)Sc2cc(C)c(C(=O)N(C(C)C)C3CCCCC3)cc21.COC(=O)NCCN1C(=O)C(C)(C)Sc2cc(C)c(C(=O)OC)cc21. The molecule has 1 fully saturated rings. The molecule has 0 aromatic heterocycles. The van der Waals surface area contributed by atoms with Crippen LogP contribution < -0.4 is 20.4 Å². The van der Waals surface area contributed by atoms with Crippen LogP contribution in [0.4, 0.5) is 21.0 Å². The number of methoxy groups -OCH3 is 3. The average Bonchev–Trinajstić information content (AvgIpc) is 3.17. The Bertz CT molecular complexity index is 1890.